The van der Waals surface area contributed by atoms with Gasteiger partial charge >= 0.3 is 5.97 Å². The maximum Gasteiger partial charge on any atom is 0.311 e. The highest BCUT2D eigenvalue weighted by atomic mass is 16.4. The van der Waals surface area contributed by atoms with Crippen molar-refractivity contribution >= 4 is 11.9 Å². The van der Waals surface area contributed by atoms with Crippen LogP contribution in [0.2, 0.25) is 0 Å². The molecule has 2 rings (SSSR count). The molecule has 108 valence electrons. The van der Waals surface area contributed by atoms with Gasteiger partial charge in [0.1, 0.15) is 0 Å². The second kappa shape index (κ2) is 5.27. The largest absolute Gasteiger partial charge is 0.481 e. The lowest BCUT2D eigenvalue weighted by atomic mass is 9.78. The fourth-order valence-electron chi connectivity index (χ4n) is 3.10. The van der Waals surface area contributed by atoms with Crippen LogP contribution in [-0.2, 0) is 9.59 Å². The highest BCUT2D eigenvalue weighted by molar-refractivity contribution is 5.91. The Morgan fingerprint density at radius 1 is 1.45 bits per heavy atom. The van der Waals surface area contributed by atoms with Gasteiger partial charge in [0.05, 0.1) is 17.4 Å². The van der Waals surface area contributed by atoms with Crippen molar-refractivity contribution in [2.24, 2.45) is 11.3 Å². The van der Waals surface area contributed by atoms with E-state index in [0.717, 1.165) is 5.56 Å². The molecule has 2 unspecified atom stereocenters. The van der Waals surface area contributed by atoms with Crippen LogP contribution in [0.4, 0.5) is 0 Å². The summed E-state index contributed by atoms with van der Waals surface area (Å²) in [6, 6.07) is 9.63. The number of carbonyl (C=O) groups is 2. The van der Waals surface area contributed by atoms with Gasteiger partial charge in [-0.15, -0.1) is 0 Å². The standard InChI is InChI=1S/C16H21NO3/c1-4-13-14(18)17(10-16(13,3)15(19)20)11(2)12-8-6-5-7-9-12/h5-9,11,13H,4,10H2,1-3H3,(H,19,20)/t11-,13?,16?/m1/s1. The van der Waals surface area contributed by atoms with Gasteiger partial charge in [-0.3, -0.25) is 9.59 Å². The van der Waals surface area contributed by atoms with Gasteiger partial charge in [-0.05, 0) is 25.8 Å². The van der Waals surface area contributed by atoms with E-state index < -0.39 is 17.3 Å². The number of aliphatic carboxylic acids is 1. The number of benzene rings is 1. The van der Waals surface area contributed by atoms with Crippen LogP contribution in [-0.4, -0.2) is 28.4 Å². The molecule has 3 atom stereocenters. The first-order chi connectivity index (χ1) is 9.41. The van der Waals surface area contributed by atoms with Gasteiger partial charge in [0.15, 0.2) is 0 Å². The normalized spacial score (nSPS) is 27.6. The molecule has 0 bridgehead atoms. The lowest BCUT2D eigenvalue weighted by Crippen LogP contribution is -2.36. The molecular formula is C16H21NO3. The number of rotatable bonds is 4. The first kappa shape index (κ1) is 14.6. The second-order valence-electron chi connectivity index (χ2n) is 5.74. The van der Waals surface area contributed by atoms with Crippen molar-refractivity contribution in [3.8, 4) is 0 Å². The number of likely N-dealkylation sites (tertiary alicyclic amines) is 1. The van der Waals surface area contributed by atoms with E-state index in [0.29, 0.717) is 6.42 Å². The molecule has 1 aliphatic heterocycles. The molecule has 1 heterocycles. The number of carboxylic acid groups (broad SMARTS) is 1. The second-order valence-corrected chi connectivity index (χ2v) is 5.74. The molecular weight excluding hydrogens is 254 g/mol. The summed E-state index contributed by atoms with van der Waals surface area (Å²) < 4.78 is 0. The minimum absolute atomic E-state index is 0.0475. The highest BCUT2D eigenvalue weighted by Gasteiger charge is 2.54. The molecule has 0 aliphatic carbocycles. The highest BCUT2D eigenvalue weighted by Crippen LogP contribution is 2.42. The fraction of sp³-hybridized carbons (Fsp3) is 0.500. The third-order valence-corrected chi connectivity index (χ3v) is 4.50. The summed E-state index contributed by atoms with van der Waals surface area (Å²) in [5.41, 5.74) is 0.0415. The molecule has 1 fully saturated rings. The van der Waals surface area contributed by atoms with Crippen LogP contribution in [0, 0.1) is 11.3 Å². The predicted octanol–water partition coefficient (Wildman–Crippen LogP) is 2.71. The van der Waals surface area contributed by atoms with E-state index in [1.807, 2.05) is 44.2 Å². The smallest absolute Gasteiger partial charge is 0.311 e. The molecule has 4 heteroatoms. The van der Waals surface area contributed by atoms with Gasteiger partial charge in [-0.1, -0.05) is 37.3 Å². The van der Waals surface area contributed by atoms with E-state index in [4.69, 9.17) is 0 Å². The van der Waals surface area contributed by atoms with E-state index in [1.165, 1.54) is 0 Å². The van der Waals surface area contributed by atoms with Crippen LogP contribution in [0.15, 0.2) is 30.3 Å². The molecule has 0 saturated carbocycles. The third-order valence-electron chi connectivity index (χ3n) is 4.50. The summed E-state index contributed by atoms with van der Waals surface area (Å²) in [6.07, 6.45) is 0.555. The van der Waals surface area contributed by atoms with Crippen molar-refractivity contribution in [1.82, 2.24) is 4.90 Å². The van der Waals surface area contributed by atoms with Gasteiger partial charge < -0.3 is 10.0 Å². The number of hydrogen-bond acceptors (Lipinski definition) is 2. The summed E-state index contributed by atoms with van der Waals surface area (Å²) in [7, 11) is 0. The Hall–Kier alpha value is -1.84. The Morgan fingerprint density at radius 2 is 2.05 bits per heavy atom. The first-order valence-corrected chi connectivity index (χ1v) is 7.00. The minimum Gasteiger partial charge on any atom is -0.481 e. The lowest BCUT2D eigenvalue weighted by molar-refractivity contribution is -0.150. The Kier molecular flexibility index (Phi) is 3.84. The van der Waals surface area contributed by atoms with Crippen molar-refractivity contribution in [3.63, 3.8) is 0 Å². The van der Waals surface area contributed by atoms with Gasteiger partial charge in [0.25, 0.3) is 0 Å². The van der Waals surface area contributed by atoms with Crippen molar-refractivity contribution in [2.75, 3.05) is 6.54 Å². The van der Waals surface area contributed by atoms with Gasteiger partial charge in [0, 0.05) is 6.54 Å². The number of nitrogens with zero attached hydrogens (tertiary/aromatic N) is 1. The predicted molar refractivity (Wildman–Crippen MR) is 76.1 cm³/mol. The Labute approximate surface area is 119 Å². The molecule has 1 aliphatic rings. The van der Waals surface area contributed by atoms with Crippen LogP contribution < -0.4 is 0 Å². The maximum atomic E-state index is 12.5. The SMILES string of the molecule is CCC1C(=O)N([C@H](C)c2ccccc2)CC1(C)C(=O)O. The monoisotopic (exact) mass is 275 g/mol. The van der Waals surface area contributed by atoms with Crippen molar-refractivity contribution in [2.45, 2.75) is 33.2 Å². The maximum absolute atomic E-state index is 12.5. The van der Waals surface area contributed by atoms with Crippen LogP contribution in [0.5, 0.6) is 0 Å². The summed E-state index contributed by atoms with van der Waals surface area (Å²) in [6.45, 7) is 5.78. The summed E-state index contributed by atoms with van der Waals surface area (Å²) >= 11 is 0. The molecule has 0 radical (unpaired) electrons. The molecule has 4 nitrogen and oxygen atoms in total. The Bertz CT molecular complexity index is 514. The molecule has 1 amide bonds. The molecule has 1 saturated heterocycles. The molecule has 0 spiro atoms. The Balaban J connectivity index is 2.31. The zero-order valence-electron chi connectivity index (χ0n) is 12.2. The van der Waals surface area contributed by atoms with Crippen molar-refractivity contribution in [3.05, 3.63) is 35.9 Å². The summed E-state index contributed by atoms with van der Waals surface area (Å²) in [5, 5.41) is 9.48. The number of hydrogen-bond donors (Lipinski definition) is 1. The van der Waals surface area contributed by atoms with Crippen LogP contribution >= 0.6 is 0 Å². The molecule has 1 aromatic rings. The number of carboxylic acids is 1. The summed E-state index contributed by atoms with van der Waals surface area (Å²) in [4.78, 5) is 25.8. The lowest BCUT2D eigenvalue weighted by Gasteiger charge is -2.26. The van der Waals surface area contributed by atoms with Gasteiger partial charge in [0.2, 0.25) is 5.91 Å². The molecule has 1 N–H and O–H groups in total. The van der Waals surface area contributed by atoms with E-state index in [1.54, 1.807) is 11.8 Å². The van der Waals surface area contributed by atoms with E-state index in [-0.39, 0.29) is 18.5 Å². The van der Waals surface area contributed by atoms with Crippen LogP contribution in [0.1, 0.15) is 38.8 Å². The molecule has 0 aromatic heterocycles. The zero-order valence-corrected chi connectivity index (χ0v) is 12.2. The molecule has 1 aromatic carbocycles. The van der Waals surface area contributed by atoms with Crippen molar-refractivity contribution in [1.29, 1.82) is 0 Å². The van der Waals surface area contributed by atoms with Gasteiger partial charge in [-0.2, -0.15) is 0 Å². The Morgan fingerprint density at radius 3 is 2.50 bits per heavy atom. The van der Waals surface area contributed by atoms with Crippen LogP contribution in [0.3, 0.4) is 0 Å². The first-order valence-electron chi connectivity index (χ1n) is 7.00. The zero-order chi connectivity index (χ0) is 14.9. The fourth-order valence-corrected chi connectivity index (χ4v) is 3.10. The third kappa shape index (κ3) is 2.19. The number of carbonyl (C=O) groups excluding carboxylic acids is 1. The van der Waals surface area contributed by atoms with E-state index >= 15 is 0 Å². The van der Waals surface area contributed by atoms with Crippen molar-refractivity contribution < 1.29 is 14.7 Å². The minimum atomic E-state index is -0.991. The van der Waals surface area contributed by atoms with Crippen LogP contribution in [0.25, 0.3) is 0 Å². The average Bonchev–Trinajstić information content (AvgIpc) is 2.71. The van der Waals surface area contributed by atoms with E-state index in [9.17, 15) is 14.7 Å². The topological polar surface area (TPSA) is 57.6 Å². The summed E-state index contributed by atoms with van der Waals surface area (Å²) in [5.74, 6) is -1.37. The van der Waals surface area contributed by atoms with Gasteiger partial charge in [-0.25, -0.2) is 0 Å². The molecule has 20 heavy (non-hydrogen) atoms. The van der Waals surface area contributed by atoms with E-state index in [2.05, 4.69) is 0 Å². The number of amides is 1. The average molecular weight is 275 g/mol. The quantitative estimate of drug-likeness (QED) is 0.919.